The van der Waals surface area contributed by atoms with Crippen molar-refractivity contribution in [3.8, 4) is 17.1 Å². The molecule has 0 unspecified atom stereocenters. The van der Waals surface area contributed by atoms with Gasteiger partial charge in [-0.05, 0) is 48.0 Å². The first-order valence-electron chi connectivity index (χ1n) is 8.15. The van der Waals surface area contributed by atoms with Gasteiger partial charge in [0.05, 0.1) is 4.53 Å². The van der Waals surface area contributed by atoms with E-state index in [0.29, 0.717) is 26.9 Å². The molecule has 2 aromatic heterocycles. The van der Waals surface area contributed by atoms with Gasteiger partial charge in [0.15, 0.2) is 5.82 Å². The van der Waals surface area contributed by atoms with Gasteiger partial charge in [0.25, 0.3) is 5.56 Å². The van der Waals surface area contributed by atoms with Crippen molar-refractivity contribution in [3.05, 3.63) is 86.7 Å². The zero-order valence-electron chi connectivity index (χ0n) is 14.1. The number of nitrogens with zero attached hydrogens (tertiary/aromatic N) is 3. The Morgan fingerprint density at radius 3 is 2.56 bits per heavy atom. The lowest BCUT2D eigenvalue weighted by Crippen LogP contribution is -2.23. The third kappa shape index (κ3) is 3.63. The zero-order valence-corrected chi connectivity index (χ0v) is 15.7. The fourth-order valence-electron chi connectivity index (χ4n) is 2.52. The van der Waals surface area contributed by atoms with Crippen LogP contribution >= 0.6 is 22.9 Å². The van der Waals surface area contributed by atoms with Gasteiger partial charge < -0.3 is 4.74 Å². The van der Waals surface area contributed by atoms with Gasteiger partial charge in [-0.1, -0.05) is 47.7 Å². The van der Waals surface area contributed by atoms with Crippen molar-refractivity contribution in [1.82, 2.24) is 14.6 Å². The van der Waals surface area contributed by atoms with Crippen LogP contribution in [0.4, 0.5) is 0 Å². The third-order valence-electron chi connectivity index (χ3n) is 3.83. The molecular formula is C20H14ClN3O2S. The average molecular weight is 396 g/mol. The van der Waals surface area contributed by atoms with Gasteiger partial charge in [-0.3, -0.25) is 4.79 Å². The largest absolute Gasteiger partial charge is 0.490 e. The zero-order chi connectivity index (χ0) is 18.8. The predicted octanol–water partition coefficient (Wildman–Crippen LogP) is 3.58. The van der Waals surface area contributed by atoms with Gasteiger partial charge in [0.2, 0.25) is 4.96 Å². The molecule has 0 saturated carbocycles. The highest BCUT2D eigenvalue weighted by molar-refractivity contribution is 7.15. The van der Waals surface area contributed by atoms with Crippen LogP contribution in [0.15, 0.2) is 66.0 Å². The maximum atomic E-state index is 12.6. The van der Waals surface area contributed by atoms with Crippen LogP contribution in [0.1, 0.15) is 5.56 Å². The van der Waals surface area contributed by atoms with Crippen LogP contribution in [-0.2, 0) is 0 Å². The van der Waals surface area contributed by atoms with E-state index in [1.165, 1.54) is 15.9 Å². The molecule has 0 N–H and O–H groups in total. The number of fused-ring (bicyclic) bond motifs is 1. The Morgan fingerprint density at radius 1 is 1.15 bits per heavy atom. The number of hydrogen-bond acceptors (Lipinski definition) is 5. The van der Waals surface area contributed by atoms with E-state index in [1.54, 1.807) is 18.2 Å². The highest BCUT2D eigenvalue weighted by Crippen LogP contribution is 2.20. The summed E-state index contributed by atoms with van der Waals surface area (Å²) in [5, 5.41) is 5.01. The van der Waals surface area contributed by atoms with Gasteiger partial charge in [-0.15, -0.1) is 5.10 Å². The lowest BCUT2D eigenvalue weighted by Gasteiger charge is -2.02. The minimum Gasteiger partial charge on any atom is -0.490 e. The second-order valence-electron chi connectivity index (χ2n) is 5.72. The van der Waals surface area contributed by atoms with Crippen molar-refractivity contribution in [1.29, 1.82) is 0 Å². The molecule has 0 aliphatic heterocycles. The number of halogens is 1. The second-order valence-corrected chi connectivity index (χ2v) is 7.17. The minimum atomic E-state index is -0.186. The van der Waals surface area contributed by atoms with Crippen molar-refractivity contribution >= 4 is 34.0 Å². The van der Waals surface area contributed by atoms with Crippen molar-refractivity contribution in [2.45, 2.75) is 0 Å². The first-order valence-corrected chi connectivity index (χ1v) is 9.34. The topological polar surface area (TPSA) is 56.5 Å². The van der Waals surface area contributed by atoms with Crippen LogP contribution in [-0.4, -0.2) is 21.2 Å². The molecule has 0 aliphatic rings. The van der Waals surface area contributed by atoms with Gasteiger partial charge in [0, 0.05) is 10.6 Å². The molecule has 7 heteroatoms. The number of aromatic nitrogens is 3. The van der Waals surface area contributed by atoms with Crippen molar-refractivity contribution in [2.75, 3.05) is 6.61 Å². The SMILES string of the molecule is C=CCOc1ccc(-c2nc3sc(=Cc4ccc(Cl)cc4)c(=O)n3n2)cc1. The Hall–Kier alpha value is -2.96. The molecule has 2 heterocycles. The molecule has 0 spiro atoms. The molecule has 0 radical (unpaired) electrons. The van der Waals surface area contributed by atoms with Gasteiger partial charge in [-0.2, -0.15) is 9.50 Å². The predicted molar refractivity (Wildman–Crippen MR) is 108 cm³/mol. The number of rotatable bonds is 5. The molecule has 2 aromatic carbocycles. The minimum absolute atomic E-state index is 0.186. The van der Waals surface area contributed by atoms with E-state index in [9.17, 15) is 4.79 Å². The molecule has 0 saturated heterocycles. The molecule has 0 bridgehead atoms. The molecule has 0 aliphatic carbocycles. The van der Waals surface area contributed by atoms with Crippen molar-refractivity contribution in [2.24, 2.45) is 0 Å². The molecule has 5 nitrogen and oxygen atoms in total. The van der Waals surface area contributed by atoms with Crippen LogP contribution in [0.2, 0.25) is 5.02 Å². The van der Waals surface area contributed by atoms with Crippen LogP contribution in [0.5, 0.6) is 5.75 Å². The van der Waals surface area contributed by atoms with Crippen LogP contribution in [0.3, 0.4) is 0 Å². The summed E-state index contributed by atoms with van der Waals surface area (Å²) in [6.45, 7) is 4.07. The van der Waals surface area contributed by atoms with E-state index in [2.05, 4.69) is 16.7 Å². The molecule has 134 valence electrons. The smallest absolute Gasteiger partial charge is 0.291 e. The Kier molecular flexibility index (Phi) is 4.75. The Balaban J connectivity index is 1.67. The van der Waals surface area contributed by atoms with Gasteiger partial charge in [-0.25, -0.2) is 0 Å². The second kappa shape index (κ2) is 7.34. The van der Waals surface area contributed by atoms with Crippen molar-refractivity contribution in [3.63, 3.8) is 0 Å². The first kappa shape index (κ1) is 17.5. The number of hydrogen-bond donors (Lipinski definition) is 0. The van der Waals surface area contributed by atoms with E-state index < -0.39 is 0 Å². The number of benzene rings is 2. The summed E-state index contributed by atoms with van der Waals surface area (Å²) in [5.74, 6) is 1.25. The van der Waals surface area contributed by atoms with Crippen LogP contribution in [0, 0.1) is 0 Å². The van der Waals surface area contributed by atoms with E-state index in [0.717, 1.165) is 16.9 Å². The molecular weight excluding hydrogens is 382 g/mol. The fraction of sp³-hybridized carbons (Fsp3) is 0.0500. The lowest BCUT2D eigenvalue weighted by atomic mass is 10.2. The Labute approximate surface area is 163 Å². The summed E-state index contributed by atoms with van der Waals surface area (Å²) < 4.78 is 7.38. The average Bonchev–Trinajstić information content (AvgIpc) is 3.22. The van der Waals surface area contributed by atoms with Crippen molar-refractivity contribution < 1.29 is 4.74 Å². The number of thiazole rings is 1. The van der Waals surface area contributed by atoms with Gasteiger partial charge >= 0.3 is 0 Å². The highest BCUT2D eigenvalue weighted by atomic mass is 35.5. The van der Waals surface area contributed by atoms with Crippen LogP contribution < -0.4 is 14.8 Å². The lowest BCUT2D eigenvalue weighted by molar-refractivity contribution is 0.363. The summed E-state index contributed by atoms with van der Waals surface area (Å²) in [6, 6.07) is 14.7. The molecule has 0 amide bonds. The summed E-state index contributed by atoms with van der Waals surface area (Å²) in [5.41, 5.74) is 1.53. The summed E-state index contributed by atoms with van der Waals surface area (Å²) in [6.07, 6.45) is 3.50. The summed E-state index contributed by atoms with van der Waals surface area (Å²) >= 11 is 7.20. The van der Waals surface area contributed by atoms with Gasteiger partial charge in [0.1, 0.15) is 12.4 Å². The maximum Gasteiger partial charge on any atom is 0.291 e. The molecule has 0 atom stereocenters. The summed E-state index contributed by atoms with van der Waals surface area (Å²) in [7, 11) is 0. The van der Waals surface area contributed by atoms with E-state index in [-0.39, 0.29) is 5.56 Å². The summed E-state index contributed by atoms with van der Waals surface area (Å²) in [4.78, 5) is 17.6. The molecule has 0 fully saturated rings. The Bertz CT molecular complexity index is 1210. The number of ether oxygens (including phenoxy) is 1. The monoisotopic (exact) mass is 395 g/mol. The van der Waals surface area contributed by atoms with E-state index in [1.807, 2.05) is 42.5 Å². The van der Waals surface area contributed by atoms with E-state index >= 15 is 0 Å². The molecule has 4 rings (SSSR count). The van der Waals surface area contributed by atoms with Crippen LogP contribution in [0.25, 0.3) is 22.4 Å². The maximum absolute atomic E-state index is 12.6. The third-order valence-corrected chi connectivity index (χ3v) is 5.04. The highest BCUT2D eigenvalue weighted by Gasteiger charge is 2.12. The standard InChI is InChI=1S/C20H14ClN3O2S/c1-2-11-26-16-9-5-14(6-10-16)18-22-20-24(23-18)19(25)17(27-20)12-13-3-7-15(21)8-4-13/h2-10,12H,1,11H2. The fourth-order valence-corrected chi connectivity index (χ4v) is 3.56. The molecule has 27 heavy (non-hydrogen) atoms. The quantitative estimate of drug-likeness (QED) is 0.485. The molecule has 4 aromatic rings. The van der Waals surface area contributed by atoms with E-state index in [4.69, 9.17) is 16.3 Å². The first-order chi connectivity index (χ1) is 13.1. The Morgan fingerprint density at radius 2 is 1.89 bits per heavy atom. The normalized spacial score (nSPS) is 11.8.